The van der Waals surface area contributed by atoms with E-state index in [1.807, 2.05) is 11.7 Å². The number of hydrogen-bond donors (Lipinski definition) is 2. The third kappa shape index (κ3) is 3.75. The second-order valence-corrected chi connectivity index (χ2v) is 4.74. The summed E-state index contributed by atoms with van der Waals surface area (Å²) in [5, 5.41) is 12.6. The molecule has 0 amide bonds. The quantitative estimate of drug-likeness (QED) is 0.896. The van der Waals surface area contributed by atoms with Crippen LogP contribution in [0, 0.1) is 0 Å². The molecule has 0 radical (unpaired) electrons. The van der Waals surface area contributed by atoms with Crippen molar-refractivity contribution in [1.29, 1.82) is 0 Å². The van der Waals surface area contributed by atoms with Crippen LogP contribution in [0.1, 0.15) is 12.8 Å². The summed E-state index contributed by atoms with van der Waals surface area (Å²) < 4.78 is 1.86. The van der Waals surface area contributed by atoms with Crippen LogP contribution in [0.4, 0.5) is 5.69 Å². The van der Waals surface area contributed by atoms with Gasteiger partial charge in [-0.25, -0.2) is 0 Å². The molecule has 2 aromatic rings. The summed E-state index contributed by atoms with van der Waals surface area (Å²) in [4.78, 5) is 0. The number of aromatic nitrogens is 2. The Morgan fingerprint density at radius 1 is 1.26 bits per heavy atom. The van der Waals surface area contributed by atoms with Gasteiger partial charge in [0.2, 0.25) is 0 Å². The van der Waals surface area contributed by atoms with E-state index >= 15 is 0 Å². The van der Waals surface area contributed by atoms with E-state index < -0.39 is 0 Å². The Morgan fingerprint density at radius 2 is 2.00 bits per heavy atom. The Labute approximate surface area is 125 Å². The Bertz CT molecular complexity index is 520. The number of fused-ring (bicyclic) bond motifs is 1. The van der Waals surface area contributed by atoms with Gasteiger partial charge in [0.05, 0.1) is 5.52 Å². The van der Waals surface area contributed by atoms with E-state index in [1.54, 1.807) is 0 Å². The summed E-state index contributed by atoms with van der Waals surface area (Å²) >= 11 is 0. The highest BCUT2D eigenvalue weighted by atomic mass is 35.5. The van der Waals surface area contributed by atoms with Crippen molar-refractivity contribution in [3.63, 3.8) is 0 Å². The van der Waals surface area contributed by atoms with Gasteiger partial charge in [0.25, 0.3) is 0 Å². The zero-order valence-corrected chi connectivity index (χ0v) is 12.6. The summed E-state index contributed by atoms with van der Waals surface area (Å²) in [6.45, 7) is 2.24. The highest BCUT2D eigenvalue weighted by molar-refractivity contribution is 5.85. The van der Waals surface area contributed by atoms with Crippen LogP contribution in [0.2, 0.25) is 0 Å². The summed E-state index contributed by atoms with van der Waals surface area (Å²) in [5.41, 5.74) is 2.26. The number of hydrogen-bond acceptors (Lipinski definition) is 3. The van der Waals surface area contributed by atoms with Crippen molar-refractivity contribution in [3.8, 4) is 0 Å². The van der Waals surface area contributed by atoms with Gasteiger partial charge in [-0.05, 0) is 44.1 Å². The minimum absolute atomic E-state index is 0. The van der Waals surface area contributed by atoms with Gasteiger partial charge in [0.1, 0.15) is 0 Å². The standard InChI is InChI=1S/C13H18N4.2ClH/c1-17-9-10-8-12(2-3-13(10)16-17)15-11-4-6-14-7-5-11;;/h2-3,8-9,11,14-15H,4-7H2,1H3;2*1H. The molecule has 2 heterocycles. The van der Waals surface area contributed by atoms with Crippen molar-refractivity contribution < 1.29 is 0 Å². The molecule has 1 aromatic carbocycles. The molecule has 0 aliphatic carbocycles. The van der Waals surface area contributed by atoms with Crippen molar-refractivity contribution in [2.45, 2.75) is 18.9 Å². The number of nitrogens with zero attached hydrogens (tertiary/aromatic N) is 2. The fourth-order valence-corrected chi connectivity index (χ4v) is 2.44. The van der Waals surface area contributed by atoms with Crippen molar-refractivity contribution in [2.24, 2.45) is 7.05 Å². The third-order valence-corrected chi connectivity index (χ3v) is 3.33. The highest BCUT2D eigenvalue weighted by Crippen LogP contribution is 2.19. The lowest BCUT2D eigenvalue weighted by Crippen LogP contribution is -2.35. The Morgan fingerprint density at radius 3 is 2.74 bits per heavy atom. The molecule has 0 bridgehead atoms. The maximum Gasteiger partial charge on any atom is 0.0924 e. The highest BCUT2D eigenvalue weighted by Gasteiger charge is 2.12. The number of halogens is 2. The SMILES string of the molecule is Cl.Cl.Cn1cc2cc(NC3CCNCC3)ccc2n1. The molecule has 1 aliphatic rings. The predicted molar refractivity (Wildman–Crippen MR) is 84.7 cm³/mol. The van der Waals surface area contributed by atoms with Crippen LogP contribution < -0.4 is 10.6 Å². The molecule has 6 heteroatoms. The van der Waals surface area contributed by atoms with Crippen LogP contribution in [0.25, 0.3) is 10.9 Å². The minimum Gasteiger partial charge on any atom is -0.382 e. The number of piperidine rings is 1. The third-order valence-electron chi connectivity index (χ3n) is 3.33. The average Bonchev–Trinajstić information content (AvgIpc) is 2.70. The van der Waals surface area contributed by atoms with Gasteiger partial charge in [-0.2, -0.15) is 5.10 Å². The summed E-state index contributed by atoms with van der Waals surface area (Å²) in [6.07, 6.45) is 4.46. The van der Waals surface area contributed by atoms with Crippen molar-refractivity contribution in [1.82, 2.24) is 15.1 Å². The van der Waals surface area contributed by atoms with E-state index in [9.17, 15) is 0 Å². The number of aryl methyl sites for hydroxylation is 1. The molecule has 0 spiro atoms. The Hall–Kier alpha value is -0.970. The molecule has 0 saturated carbocycles. The smallest absolute Gasteiger partial charge is 0.0924 e. The van der Waals surface area contributed by atoms with Crippen LogP contribution >= 0.6 is 24.8 Å². The second kappa shape index (κ2) is 6.98. The lowest BCUT2D eigenvalue weighted by Gasteiger charge is -2.24. The number of anilines is 1. The van der Waals surface area contributed by atoms with Gasteiger partial charge in [-0.15, -0.1) is 24.8 Å². The molecule has 2 N–H and O–H groups in total. The van der Waals surface area contributed by atoms with Crippen LogP contribution in [-0.4, -0.2) is 28.9 Å². The summed E-state index contributed by atoms with van der Waals surface area (Å²) in [6, 6.07) is 6.99. The number of rotatable bonds is 2. The van der Waals surface area contributed by atoms with Gasteiger partial charge in [0.15, 0.2) is 0 Å². The monoisotopic (exact) mass is 302 g/mol. The van der Waals surface area contributed by atoms with E-state index in [1.165, 1.54) is 23.9 Å². The fourth-order valence-electron chi connectivity index (χ4n) is 2.44. The minimum atomic E-state index is 0. The van der Waals surface area contributed by atoms with Crippen molar-refractivity contribution >= 4 is 41.4 Å². The molecule has 1 aliphatic heterocycles. The van der Waals surface area contributed by atoms with Crippen molar-refractivity contribution in [2.75, 3.05) is 18.4 Å². The number of benzene rings is 1. The Balaban J connectivity index is 0.000000902. The summed E-state index contributed by atoms with van der Waals surface area (Å²) in [5.74, 6) is 0. The molecule has 1 saturated heterocycles. The molecular weight excluding hydrogens is 283 g/mol. The van der Waals surface area contributed by atoms with E-state index in [0.29, 0.717) is 6.04 Å². The van der Waals surface area contributed by atoms with Gasteiger partial charge in [-0.3, -0.25) is 4.68 Å². The fraction of sp³-hybridized carbons (Fsp3) is 0.462. The maximum atomic E-state index is 4.38. The van der Waals surface area contributed by atoms with E-state index in [-0.39, 0.29) is 24.8 Å². The topological polar surface area (TPSA) is 41.9 Å². The maximum absolute atomic E-state index is 4.38. The molecule has 106 valence electrons. The lowest BCUT2D eigenvalue weighted by atomic mass is 10.1. The van der Waals surface area contributed by atoms with Crippen LogP contribution in [0.5, 0.6) is 0 Å². The molecule has 0 unspecified atom stereocenters. The first-order valence-corrected chi connectivity index (χ1v) is 6.22. The first kappa shape index (κ1) is 16.1. The van der Waals surface area contributed by atoms with Crippen LogP contribution in [-0.2, 0) is 7.05 Å². The molecule has 3 rings (SSSR count). The predicted octanol–water partition coefficient (Wildman–Crippen LogP) is 2.58. The van der Waals surface area contributed by atoms with Gasteiger partial charge in [-0.1, -0.05) is 0 Å². The summed E-state index contributed by atoms with van der Waals surface area (Å²) in [7, 11) is 1.96. The first-order chi connectivity index (χ1) is 8.31. The normalized spacial score (nSPS) is 15.6. The van der Waals surface area contributed by atoms with Crippen LogP contribution in [0.3, 0.4) is 0 Å². The zero-order chi connectivity index (χ0) is 11.7. The lowest BCUT2D eigenvalue weighted by molar-refractivity contribution is 0.479. The van der Waals surface area contributed by atoms with E-state index in [0.717, 1.165) is 18.6 Å². The molecule has 4 nitrogen and oxygen atoms in total. The zero-order valence-electron chi connectivity index (χ0n) is 10.9. The van der Waals surface area contributed by atoms with Crippen LogP contribution in [0.15, 0.2) is 24.4 Å². The molecule has 1 fully saturated rings. The van der Waals surface area contributed by atoms with Gasteiger partial charge in [0, 0.05) is 30.4 Å². The van der Waals surface area contributed by atoms with Gasteiger partial charge < -0.3 is 10.6 Å². The molecule has 1 aromatic heterocycles. The largest absolute Gasteiger partial charge is 0.382 e. The average molecular weight is 303 g/mol. The van der Waals surface area contributed by atoms with E-state index in [2.05, 4.69) is 40.1 Å². The van der Waals surface area contributed by atoms with E-state index in [4.69, 9.17) is 0 Å². The molecular formula is C13H20Cl2N4. The first-order valence-electron chi connectivity index (χ1n) is 6.22. The van der Waals surface area contributed by atoms with Gasteiger partial charge >= 0.3 is 0 Å². The van der Waals surface area contributed by atoms with Crippen molar-refractivity contribution in [3.05, 3.63) is 24.4 Å². The second-order valence-electron chi connectivity index (χ2n) is 4.74. The Kier molecular flexibility index (Phi) is 5.91. The number of nitrogens with one attached hydrogen (secondary N) is 2. The molecule has 19 heavy (non-hydrogen) atoms. The molecule has 0 atom stereocenters.